The van der Waals surface area contributed by atoms with Gasteiger partial charge in [-0.2, -0.15) is 0 Å². The van der Waals surface area contributed by atoms with Gasteiger partial charge in [0.25, 0.3) is 0 Å². The van der Waals surface area contributed by atoms with E-state index in [9.17, 15) is 0 Å². The van der Waals surface area contributed by atoms with Crippen LogP contribution in [0.4, 0.5) is 0 Å². The van der Waals surface area contributed by atoms with Crippen molar-refractivity contribution in [3.05, 3.63) is 0 Å². The molecule has 2 heterocycles. The van der Waals surface area contributed by atoms with Crippen LogP contribution in [0.1, 0.15) is 59.3 Å². The van der Waals surface area contributed by atoms with Crippen molar-refractivity contribution < 1.29 is 4.74 Å². The Morgan fingerprint density at radius 3 is 2.74 bits per heavy atom. The number of rotatable bonds is 7. The Balaban J connectivity index is 2.03. The quantitative estimate of drug-likeness (QED) is 0.719. The summed E-state index contributed by atoms with van der Waals surface area (Å²) in [6.07, 6.45) is 8.43. The van der Waals surface area contributed by atoms with Gasteiger partial charge in [0, 0.05) is 25.2 Å². The van der Waals surface area contributed by atoms with Crippen molar-refractivity contribution in [3.63, 3.8) is 0 Å². The van der Waals surface area contributed by atoms with E-state index < -0.39 is 0 Å². The molecule has 0 saturated carbocycles. The van der Waals surface area contributed by atoms with Crippen molar-refractivity contribution in [1.82, 2.24) is 10.2 Å². The Hall–Kier alpha value is -0.120. The molecule has 112 valence electrons. The van der Waals surface area contributed by atoms with E-state index in [2.05, 4.69) is 31.0 Å². The smallest absolute Gasteiger partial charge is 0.0867 e. The molecule has 2 fully saturated rings. The number of fused-ring (bicyclic) bond motifs is 1. The van der Waals surface area contributed by atoms with E-state index in [-0.39, 0.29) is 0 Å². The Labute approximate surface area is 119 Å². The van der Waals surface area contributed by atoms with Crippen LogP contribution in [0.25, 0.3) is 0 Å². The van der Waals surface area contributed by atoms with Crippen LogP contribution in [0.5, 0.6) is 0 Å². The molecule has 2 aliphatic rings. The second-order valence-electron chi connectivity index (χ2n) is 6.53. The third-order valence-electron chi connectivity index (χ3n) is 4.99. The first-order valence-corrected chi connectivity index (χ1v) is 8.30. The maximum atomic E-state index is 5.93. The largest absolute Gasteiger partial charge is 0.374 e. The summed E-state index contributed by atoms with van der Waals surface area (Å²) in [7, 11) is 0. The van der Waals surface area contributed by atoms with E-state index in [1.165, 1.54) is 38.5 Å². The van der Waals surface area contributed by atoms with Crippen LogP contribution in [0.2, 0.25) is 0 Å². The lowest BCUT2D eigenvalue weighted by Crippen LogP contribution is -2.60. The van der Waals surface area contributed by atoms with E-state index in [4.69, 9.17) is 4.74 Å². The third kappa shape index (κ3) is 3.50. The molecule has 1 unspecified atom stereocenters. The van der Waals surface area contributed by atoms with Crippen LogP contribution in [-0.4, -0.2) is 48.8 Å². The summed E-state index contributed by atoms with van der Waals surface area (Å²) in [5, 5.41) is 3.51. The molecule has 0 radical (unpaired) electrons. The van der Waals surface area contributed by atoms with Crippen LogP contribution < -0.4 is 5.32 Å². The van der Waals surface area contributed by atoms with Crippen LogP contribution in [-0.2, 0) is 4.74 Å². The summed E-state index contributed by atoms with van der Waals surface area (Å²) < 4.78 is 5.93. The number of nitrogens with zero attached hydrogens (tertiary/aromatic N) is 1. The van der Waals surface area contributed by atoms with E-state index in [0.717, 1.165) is 26.2 Å². The standard InChI is InChI=1S/C16H32N2O/c1-4-6-7-9-16(3,8-5-2)18-10-11-19-15-13-17-12-14(15)18/h14-15,17H,4-13H2,1-3H3/t14-,15-,16?/m1/s1. The Morgan fingerprint density at radius 2 is 2.00 bits per heavy atom. The molecular formula is C16H32N2O. The molecule has 0 bridgehead atoms. The minimum absolute atomic E-state index is 0.378. The predicted molar refractivity (Wildman–Crippen MR) is 80.6 cm³/mol. The molecule has 2 aliphatic heterocycles. The van der Waals surface area contributed by atoms with Crippen molar-refractivity contribution in [2.45, 2.75) is 77.0 Å². The summed E-state index contributed by atoms with van der Waals surface area (Å²) in [6.45, 7) is 11.3. The average Bonchev–Trinajstić information content (AvgIpc) is 2.87. The molecule has 0 aromatic carbocycles. The zero-order valence-electron chi connectivity index (χ0n) is 13.1. The van der Waals surface area contributed by atoms with Gasteiger partial charge in [-0.1, -0.05) is 39.5 Å². The Kier molecular flexibility index (Phi) is 5.67. The average molecular weight is 268 g/mol. The summed E-state index contributed by atoms with van der Waals surface area (Å²) in [5.41, 5.74) is 0.378. The minimum Gasteiger partial charge on any atom is -0.374 e. The predicted octanol–water partition coefficient (Wildman–Crippen LogP) is 2.80. The maximum Gasteiger partial charge on any atom is 0.0867 e. The maximum absolute atomic E-state index is 5.93. The lowest BCUT2D eigenvalue weighted by molar-refractivity contribution is -0.0926. The second-order valence-corrected chi connectivity index (χ2v) is 6.53. The van der Waals surface area contributed by atoms with Crippen LogP contribution in [0.15, 0.2) is 0 Å². The monoisotopic (exact) mass is 268 g/mol. The fourth-order valence-electron chi connectivity index (χ4n) is 3.97. The number of morpholine rings is 1. The van der Waals surface area contributed by atoms with Crippen LogP contribution in [0.3, 0.4) is 0 Å². The Morgan fingerprint density at radius 1 is 1.16 bits per heavy atom. The van der Waals surface area contributed by atoms with Crippen molar-refractivity contribution in [3.8, 4) is 0 Å². The van der Waals surface area contributed by atoms with Crippen molar-refractivity contribution in [2.24, 2.45) is 0 Å². The molecule has 2 saturated heterocycles. The van der Waals surface area contributed by atoms with E-state index >= 15 is 0 Å². The van der Waals surface area contributed by atoms with Gasteiger partial charge < -0.3 is 10.1 Å². The third-order valence-corrected chi connectivity index (χ3v) is 4.99. The molecule has 0 aliphatic carbocycles. The van der Waals surface area contributed by atoms with Crippen molar-refractivity contribution >= 4 is 0 Å². The molecule has 0 amide bonds. The first-order chi connectivity index (χ1) is 9.21. The topological polar surface area (TPSA) is 24.5 Å². The van der Waals surface area contributed by atoms with Gasteiger partial charge in [-0.05, 0) is 19.8 Å². The highest BCUT2D eigenvalue weighted by Gasteiger charge is 2.43. The van der Waals surface area contributed by atoms with Gasteiger partial charge in [-0.15, -0.1) is 0 Å². The molecule has 3 atom stereocenters. The van der Waals surface area contributed by atoms with Gasteiger partial charge in [0.15, 0.2) is 0 Å². The van der Waals surface area contributed by atoms with Gasteiger partial charge in [0.05, 0.1) is 18.8 Å². The van der Waals surface area contributed by atoms with Gasteiger partial charge in [0.2, 0.25) is 0 Å². The van der Waals surface area contributed by atoms with Crippen molar-refractivity contribution in [1.29, 1.82) is 0 Å². The van der Waals surface area contributed by atoms with E-state index in [1.807, 2.05) is 0 Å². The highest BCUT2D eigenvalue weighted by atomic mass is 16.5. The molecule has 2 rings (SSSR count). The van der Waals surface area contributed by atoms with E-state index in [0.29, 0.717) is 17.7 Å². The van der Waals surface area contributed by atoms with Crippen LogP contribution in [0, 0.1) is 0 Å². The van der Waals surface area contributed by atoms with Gasteiger partial charge in [-0.25, -0.2) is 0 Å². The lowest BCUT2D eigenvalue weighted by atomic mass is 9.85. The number of unbranched alkanes of at least 4 members (excludes halogenated alkanes) is 2. The van der Waals surface area contributed by atoms with Crippen LogP contribution >= 0.6 is 0 Å². The van der Waals surface area contributed by atoms with E-state index in [1.54, 1.807) is 0 Å². The van der Waals surface area contributed by atoms with Gasteiger partial charge in [0.1, 0.15) is 0 Å². The first kappa shape index (κ1) is 15.3. The lowest BCUT2D eigenvalue weighted by Gasteiger charge is -2.49. The second kappa shape index (κ2) is 7.05. The fourth-order valence-corrected chi connectivity index (χ4v) is 3.97. The number of nitrogens with one attached hydrogen (secondary N) is 1. The minimum atomic E-state index is 0.378. The normalized spacial score (nSPS) is 31.1. The zero-order chi connectivity index (χ0) is 13.7. The number of hydrogen-bond donors (Lipinski definition) is 1. The van der Waals surface area contributed by atoms with Crippen molar-refractivity contribution in [2.75, 3.05) is 26.2 Å². The molecule has 1 N–H and O–H groups in total. The summed E-state index contributed by atoms with van der Waals surface area (Å²) in [5.74, 6) is 0. The highest BCUT2D eigenvalue weighted by Crippen LogP contribution is 2.33. The molecule has 0 spiro atoms. The first-order valence-electron chi connectivity index (χ1n) is 8.30. The zero-order valence-corrected chi connectivity index (χ0v) is 13.1. The molecular weight excluding hydrogens is 236 g/mol. The molecule has 3 heteroatoms. The fraction of sp³-hybridized carbons (Fsp3) is 1.00. The highest BCUT2D eigenvalue weighted by molar-refractivity contribution is 4.99. The molecule has 19 heavy (non-hydrogen) atoms. The van der Waals surface area contributed by atoms with Gasteiger partial charge in [-0.3, -0.25) is 4.90 Å². The summed E-state index contributed by atoms with van der Waals surface area (Å²) in [4.78, 5) is 2.78. The Bertz CT molecular complexity index is 271. The molecule has 3 nitrogen and oxygen atoms in total. The molecule has 0 aromatic rings. The number of ether oxygens (including phenoxy) is 1. The summed E-state index contributed by atoms with van der Waals surface area (Å²) >= 11 is 0. The summed E-state index contributed by atoms with van der Waals surface area (Å²) in [6, 6.07) is 0.604. The molecule has 0 aromatic heterocycles. The number of hydrogen-bond acceptors (Lipinski definition) is 3. The SMILES string of the molecule is CCCCCC(C)(CCC)N1CCO[C@@H]2CNC[C@H]21. The van der Waals surface area contributed by atoms with Gasteiger partial charge >= 0.3 is 0 Å².